The molecule has 0 amide bonds. The molecule has 1 heterocycles. The first kappa shape index (κ1) is 17.3. The summed E-state index contributed by atoms with van der Waals surface area (Å²) in [5.74, 6) is 4.05. The molecule has 1 saturated carbocycles. The van der Waals surface area contributed by atoms with Crippen molar-refractivity contribution in [3.05, 3.63) is 23.2 Å². The quantitative estimate of drug-likeness (QED) is 0.642. The van der Waals surface area contributed by atoms with Crippen molar-refractivity contribution in [2.24, 2.45) is 4.99 Å². The number of nitrogens with zero attached hydrogens (tertiary/aromatic N) is 1. The Bertz CT molecular complexity index is 496. The molecular formula is C17H29N3OS. The summed E-state index contributed by atoms with van der Waals surface area (Å²) in [5.41, 5.74) is 1.20. The second-order valence-corrected chi connectivity index (χ2v) is 7.53. The van der Waals surface area contributed by atoms with E-state index in [0.717, 1.165) is 29.3 Å². The van der Waals surface area contributed by atoms with Gasteiger partial charge in [0.15, 0.2) is 5.96 Å². The van der Waals surface area contributed by atoms with Crippen molar-refractivity contribution in [2.75, 3.05) is 12.8 Å². The van der Waals surface area contributed by atoms with Crippen LogP contribution in [0, 0.1) is 13.8 Å². The van der Waals surface area contributed by atoms with E-state index in [-0.39, 0.29) is 0 Å². The number of rotatable bonds is 5. The van der Waals surface area contributed by atoms with Crippen LogP contribution in [0.2, 0.25) is 0 Å². The molecule has 124 valence electrons. The molecular weight excluding hydrogens is 294 g/mol. The fourth-order valence-corrected chi connectivity index (χ4v) is 4.26. The second kappa shape index (κ2) is 8.51. The number of nitrogens with one attached hydrogen (secondary N) is 2. The average molecular weight is 324 g/mol. The first-order chi connectivity index (χ1) is 10.6. The number of furan rings is 1. The summed E-state index contributed by atoms with van der Waals surface area (Å²) < 4.78 is 5.57. The lowest BCUT2D eigenvalue weighted by molar-refractivity contribution is 0.418. The van der Waals surface area contributed by atoms with E-state index in [2.05, 4.69) is 40.4 Å². The standard InChI is InChI=1S/C17H29N3OS/c1-5-22-16-8-6-7-15(10-16)20-17(18-4)19-11-14-9-12(2)21-13(14)3/h9,15-16H,5-8,10-11H2,1-4H3,(H2,18,19,20). The van der Waals surface area contributed by atoms with Crippen LogP contribution in [0.3, 0.4) is 0 Å². The maximum atomic E-state index is 5.57. The minimum Gasteiger partial charge on any atom is -0.466 e. The Morgan fingerprint density at radius 2 is 2.23 bits per heavy atom. The van der Waals surface area contributed by atoms with E-state index in [1.807, 2.05) is 20.9 Å². The minimum absolute atomic E-state index is 0.538. The molecule has 1 fully saturated rings. The summed E-state index contributed by atoms with van der Waals surface area (Å²) in [6, 6.07) is 2.63. The van der Waals surface area contributed by atoms with Gasteiger partial charge in [0.05, 0.1) is 0 Å². The molecule has 0 saturated heterocycles. The van der Waals surface area contributed by atoms with Crippen molar-refractivity contribution < 1.29 is 4.42 Å². The van der Waals surface area contributed by atoms with E-state index in [9.17, 15) is 0 Å². The molecule has 22 heavy (non-hydrogen) atoms. The van der Waals surface area contributed by atoms with E-state index in [4.69, 9.17) is 4.42 Å². The first-order valence-electron chi connectivity index (χ1n) is 8.27. The predicted molar refractivity (Wildman–Crippen MR) is 95.7 cm³/mol. The van der Waals surface area contributed by atoms with Crippen LogP contribution in [-0.4, -0.2) is 30.1 Å². The normalized spacial score (nSPS) is 22.6. The summed E-state index contributed by atoms with van der Waals surface area (Å²) >= 11 is 2.09. The van der Waals surface area contributed by atoms with Gasteiger partial charge in [0.1, 0.15) is 11.5 Å². The summed E-state index contributed by atoms with van der Waals surface area (Å²) in [4.78, 5) is 4.36. The Hall–Kier alpha value is -1.10. The van der Waals surface area contributed by atoms with E-state index in [1.165, 1.54) is 37.0 Å². The Morgan fingerprint density at radius 3 is 2.86 bits per heavy atom. The van der Waals surface area contributed by atoms with Crippen molar-refractivity contribution >= 4 is 17.7 Å². The fourth-order valence-electron chi connectivity index (χ4n) is 3.09. The average Bonchev–Trinajstić information content (AvgIpc) is 2.82. The summed E-state index contributed by atoms with van der Waals surface area (Å²) in [5, 5.41) is 7.79. The zero-order valence-corrected chi connectivity index (χ0v) is 15.1. The monoisotopic (exact) mass is 323 g/mol. The predicted octanol–water partition coefficient (Wildman–Crippen LogP) is 3.63. The minimum atomic E-state index is 0.538. The van der Waals surface area contributed by atoms with Crippen LogP contribution >= 0.6 is 11.8 Å². The summed E-state index contributed by atoms with van der Waals surface area (Å²) in [7, 11) is 1.84. The molecule has 1 aromatic rings. The van der Waals surface area contributed by atoms with Gasteiger partial charge in [0.25, 0.3) is 0 Å². The van der Waals surface area contributed by atoms with Crippen LogP contribution in [0.15, 0.2) is 15.5 Å². The number of guanidine groups is 1. The van der Waals surface area contributed by atoms with Crippen molar-refractivity contribution in [1.82, 2.24) is 10.6 Å². The Morgan fingerprint density at radius 1 is 1.41 bits per heavy atom. The highest BCUT2D eigenvalue weighted by Gasteiger charge is 2.22. The zero-order chi connectivity index (χ0) is 15.9. The van der Waals surface area contributed by atoms with Gasteiger partial charge in [-0.25, -0.2) is 0 Å². The van der Waals surface area contributed by atoms with Crippen molar-refractivity contribution in [2.45, 2.75) is 64.3 Å². The van der Waals surface area contributed by atoms with Crippen molar-refractivity contribution in [3.63, 3.8) is 0 Å². The Labute approximate surface area is 138 Å². The number of aryl methyl sites for hydroxylation is 2. The molecule has 1 aromatic heterocycles. The molecule has 0 bridgehead atoms. The molecule has 0 radical (unpaired) electrons. The first-order valence-corrected chi connectivity index (χ1v) is 9.32. The maximum Gasteiger partial charge on any atom is 0.191 e. The van der Waals surface area contributed by atoms with Crippen molar-refractivity contribution in [1.29, 1.82) is 0 Å². The molecule has 1 aliphatic carbocycles. The molecule has 4 nitrogen and oxygen atoms in total. The third-order valence-corrected chi connectivity index (χ3v) is 5.42. The number of hydrogen-bond donors (Lipinski definition) is 2. The van der Waals surface area contributed by atoms with Crippen LogP contribution in [0.1, 0.15) is 49.7 Å². The van der Waals surface area contributed by atoms with Gasteiger partial charge < -0.3 is 15.1 Å². The largest absolute Gasteiger partial charge is 0.466 e. The Kier molecular flexibility index (Phi) is 6.68. The lowest BCUT2D eigenvalue weighted by Crippen LogP contribution is -2.45. The van der Waals surface area contributed by atoms with Gasteiger partial charge >= 0.3 is 0 Å². The maximum absolute atomic E-state index is 5.57. The van der Waals surface area contributed by atoms with E-state index < -0.39 is 0 Å². The van der Waals surface area contributed by atoms with Crippen molar-refractivity contribution in [3.8, 4) is 0 Å². The third-order valence-electron chi connectivity index (χ3n) is 4.18. The summed E-state index contributed by atoms with van der Waals surface area (Å²) in [6.45, 7) is 6.99. The van der Waals surface area contributed by atoms with Crippen LogP contribution in [0.5, 0.6) is 0 Å². The van der Waals surface area contributed by atoms with E-state index in [0.29, 0.717) is 6.04 Å². The molecule has 2 atom stereocenters. The van der Waals surface area contributed by atoms with Crippen LogP contribution in [0.4, 0.5) is 0 Å². The second-order valence-electron chi connectivity index (χ2n) is 5.95. The van der Waals surface area contributed by atoms with Gasteiger partial charge in [0, 0.05) is 30.4 Å². The highest BCUT2D eigenvalue weighted by atomic mass is 32.2. The molecule has 5 heteroatoms. The molecule has 2 rings (SSSR count). The molecule has 0 aromatic carbocycles. The van der Waals surface area contributed by atoms with E-state index in [1.54, 1.807) is 0 Å². The van der Waals surface area contributed by atoms with Crippen LogP contribution in [-0.2, 0) is 6.54 Å². The molecule has 0 aliphatic heterocycles. The van der Waals surface area contributed by atoms with Crippen LogP contribution < -0.4 is 10.6 Å². The molecule has 2 N–H and O–H groups in total. The molecule has 1 aliphatic rings. The lowest BCUT2D eigenvalue weighted by Gasteiger charge is -2.30. The smallest absolute Gasteiger partial charge is 0.191 e. The SMILES string of the molecule is CCSC1CCCC(NC(=NC)NCc2cc(C)oc2C)C1. The highest BCUT2D eigenvalue weighted by Crippen LogP contribution is 2.28. The Balaban J connectivity index is 1.83. The fraction of sp³-hybridized carbons (Fsp3) is 0.706. The topological polar surface area (TPSA) is 49.6 Å². The summed E-state index contributed by atoms with van der Waals surface area (Å²) in [6.07, 6.45) is 5.15. The van der Waals surface area contributed by atoms with Gasteiger partial charge in [-0.15, -0.1) is 0 Å². The van der Waals surface area contributed by atoms with Gasteiger partial charge in [-0.1, -0.05) is 13.3 Å². The van der Waals surface area contributed by atoms with Crippen LogP contribution in [0.25, 0.3) is 0 Å². The number of aliphatic imine (C=N–C) groups is 1. The van der Waals surface area contributed by atoms with Gasteiger partial charge in [-0.3, -0.25) is 4.99 Å². The van der Waals surface area contributed by atoms with E-state index >= 15 is 0 Å². The zero-order valence-electron chi connectivity index (χ0n) is 14.2. The lowest BCUT2D eigenvalue weighted by atomic mass is 9.95. The van der Waals surface area contributed by atoms with Gasteiger partial charge in [-0.2, -0.15) is 11.8 Å². The highest BCUT2D eigenvalue weighted by molar-refractivity contribution is 7.99. The number of thioether (sulfide) groups is 1. The van der Waals surface area contributed by atoms with Gasteiger partial charge in [0.2, 0.25) is 0 Å². The molecule has 0 spiro atoms. The van der Waals surface area contributed by atoms with Gasteiger partial charge in [-0.05, 0) is 44.9 Å². The number of hydrogen-bond acceptors (Lipinski definition) is 3. The molecule has 2 unspecified atom stereocenters. The third kappa shape index (κ3) is 4.97.